The number of halogens is 2. The molecular weight excluding hydrogens is 397 g/mol. The van der Waals surface area contributed by atoms with E-state index >= 15 is 0 Å². The molecule has 0 saturated carbocycles. The van der Waals surface area contributed by atoms with Crippen LogP contribution in [0.1, 0.15) is 25.3 Å². The van der Waals surface area contributed by atoms with Crippen LogP contribution in [0.2, 0.25) is 10.0 Å². The monoisotopic (exact) mass is 419 g/mol. The third kappa shape index (κ3) is 5.71. The minimum Gasteiger partial charge on any atom is -0.326 e. The number of anilines is 2. The summed E-state index contributed by atoms with van der Waals surface area (Å²) in [5.74, 6) is -0.247. The first-order valence-electron chi connectivity index (χ1n) is 9.25. The van der Waals surface area contributed by atoms with Gasteiger partial charge >= 0.3 is 0 Å². The van der Waals surface area contributed by atoms with Crippen LogP contribution < -0.4 is 10.6 Å². The van der Waals surface area contributed by atoms with E-state index in [2.05, 4.69) is 15.5 Å². The summed E-state index contributed by atoms with van der Waals surface area (Å²) in [7, 11) is 0. The predicted octanol–water partition coefficient (Wildman–Crippen LogP) is 4.80. The number of rotatable bonds is 5. The minimum absolute atomic E-state index is 0.00752. The molecule has 1 atom stereocenters. The van der Waals surface area contributed by atoms with Crippen molar-refractivity contribution in [2.24, 2.45) is 5.92 Å². The number of likely N-dealkylation sites (tertiary alicyclic amines) is 1. The quantitative estimate of drug-likeness (QED) is 0.731. The second-order valence-corrected chi connectivity index (χ2v) is 7.90. The van der Waals surface area contributed by atoms with Crippen LogP contribution in [-0.2, 0) is 16.1 Å². The lowest BCUT2D eigenvalue weighted by Gasteiger charge is -2.32. The molecular formula is C21H23Cl2N3O2. The van der Waals surface area contributed by atoms with Crippen LogP contribution in [0, 0.1) is 5.92 Å². The van der Waals surface area contributed by atoms with Crippen molar-refractivity contribution < 1.29 is 9.59 Å². The van der Waals surface area contributed by atoms with Crippen molar-refractivity contribution in [2.75, 3.05) is 23.7 Å². The molecule has 3 rings (SSSR count). The Kier molecular flexibility index (Phi) is 6.94. The molecule has 0 bridgehead atoms. The van der Waals surface area contributed by atoms with Gasteiger partial charge < -0.3 is 10.6 Å². The smallest absolute Gasteiger partial charge is 0.228 e. The first-order valence-corrected chi connectivity index (χ1v) is 10.0. The molecule has 1 aliphatic heterocycles. The molecule has 1 saturated heterocycles. The van der Waals surface area contributed by atoms with Crippen molar-refractivity contribution in [1.82, 2.24) is 4.90 Å². The molecule has 2 N–H and O–H groups in total. The van der Waals surface area contributed by atoms with E-state index in [0.717, 1.165) is 24.9 Å². The van der Waals surface area contributed by atoms with E-state index in [-0.39, 0.29) is 17.7 Å². The highest BCUT2D eigenvalue weighted by Gasteiger charge is 2.26. The molecule has 2 amide bonds. The summed E-state index contributed by atoms with van der Waals surface area (Å²) in [5.41, 5.74) is 2.34. The number of piperidine rings is 1. The highest BCUT2D eigenvalue weighted by molar-refractivity contribution is 6.35. The average Bonchev–Trinajstić information content (AvgIpc) is 2.64. The molecule has 1 aliphatic rings. The third-order valence-corrected chi connectivity index (χ3v) is 5.32. The van der Waals surface area contributed by atoms with Gasteiger partial charge in [-0.2, -0.15) is 0 Å². The summed E-state index contributed by atoms with van der Waals surface area (Å²) in [6, 6.07) is 12.7. The molecule has 5 nitrogen and oxygen atoms in total. The molecule has 148 valence electrons. The largest absolute Gasteiger partial charge is 0.326 e. The highest BCUT2D eigenvalue weighted by atomic mass is 35.5. The topological polar surface area (TPSA) is 61.4 Å². The summed E-state index contributed by atoms with van der Waals surface area (Å²) < 4.78 is 0. The van der Waals surface area contributed by atoms with Gasteiger partial charge in [-0.05, 0) is 55.3 Å². The summed E-state index contributed by atoms with van der Waals surface area (Å²) >= 11 is 12.3. The first kappa shape index (κ1) is 20.6. The lowest BCUT2D eigenvalue weighted by molar-refractivity contribution is -0.121. The van der Waals surface area contributed by atoms with Crippen LogP contribution in [-0.4, -0.2) is 29.8 Å². The Morgan fingerprint density at radius 3 is 2.57 bits per heavy atom. The zero-order valence-electron chi connectivity index (χ0n) is 15.7. The summed E-state index contributed by atoms with van der Waals surface area (Å²) in [6.07, 6.45) is 1.80. The molecule has 0 aromatic heterocycles. The van der Waals surface area contributed by atoms with Crippen molar-refractivity contribution in [3.63, 3.8) is 0 Å². The van der Waals surface area contributed by atoms with E-state index in [0.29, 0.717) is 34.5 Å². The van der Waals surface area contributed by atoms with Gasteiger partial charge in [-0.3, -0.25) is 14.5 Å². The molecule has 7 heteroatoms. The summed E-state index contributed by atoms with van der Waals surface area (Å²) in [6.45, 7) is 3.75. The van der Waals surface area contributed by atoms with Crippen LogP contribution in [0.3, 0.4) is 0 Å². The SMILES string of the molecule is CC(=O)Nc1cccc(NC(=O)[C@@H]2CCCN(Cc3ccc(Cl)cc3Cl)C2)c1. The Morgan fingerprint density at radius 1 is 1.11 bits per heavy atom. The highest BCUT2D eigenvalue weighted by Crippen LogP contribution is 2.25. The average molecular weight is 420 g/mol. The zero-order valence-corrected chi connectivity index (χ0v) is 17.2. The normalized spacial score (nSPS) is 17.2. The Morgan fingerprint density at radius 2 is 1.86 bits per heavy atom. The van der Waals surface area contributed by atoms with Crippen LogP contribution >= 0.6 is 23.2 Å². The second kappa shape index (κ2) is 9.41. The zero-order chi connectivity index (χ0) is 20.1. The Labute approximate surface area is 175 Å². The van der Waals surface area contributed by atoms with Gasteiger partial charge in [0.1, 0.15) is 0 Å². The van der Waals surface area contributed by atoms with E-state index in [9.17, 15) is 9.59 Å². The second-order valence-electron chi connectivity index (χ2n) is 7.06. The standard InChI is InChI=1S/C21H23Cl2N3O2/c1-14(27)24-18-5-2-6-19(11-18)25-21(28)16-4-3-9-26(13-16)12-15-7-8-17(22)10-20(15)23/h2,5-8,10-11,16H,3-4,9,12-13H2,1H3,(H,24,27)(H,25,28)/t16-/m1/s1. The first-order chi connectivity index (χ1) is 13.4. The van der Waals surface area contributed by atoms with Gasteiger partial charge in [0.2, 0.25) is 11.8 Å². The maximum atomic E-state index is 12.7. The van der Waals surface area contributed by atoms with E-state index in [1.807, 2.05) is 18.2 Å². The van der Waals surface area contributed by atoms with Crippen molar-refractivity contribution in [3.05, 3.63) is 58.1 Å². The lowest BCUT2D eigenvalue weighted by Crippen LogP contribution is -2.40. The maximum Gasteiger partial charge on any atom is 0.228 e. The number of carbonyl (C=O) groups excluding carboxylic acids is 2. The number of amides is 2. The van der Waals surface area contributed by atoms with Gasteiger partial charge in [0.25, 0.3) is 0 Å². The maximum absolute atomic E-state index is 12.7. The predicted molar refractivity (Wildman–Crippen MR) is 114 cm³/mol. The number of carbonyl (C=O) groups is 2. The van der Waals surface area contributed by atoms with Crippen LogP contribution in [0.5, 0.6) is 0 Å². The van der Waals surface area contributed by atoms with Gasteiger partial charge in [0.05, 0.1) is 5.92 Å². The lowest BCUT2D eigenvalue weighted by atomic mass is 9.96. The molecule has 2 aromatic carbocycles. The van der Waals surface area contributed by atoms with Crippen molar-refractivity contribution >= 4 is 46.4 Å². The molecule has 0 spiro atoms. The van der Waals surface area contributed by atoms with E-state index in [1.54, 1.807) is 24.3 Å². The van der Waals surface area contributed by atoms with Gasteiger partial charge in [-0.25, -0.2) is 0 Å². The Balaban J connectivity index is 1.60. The van der Waals surface area contributed by atoms with Crippen LogP contribution in [0.15, 0.2) is 42.5 Å². The number of hydrogen-bond donors (Lipinski definition) is 2. The van der Waals surface area contributed by atoms with Crippen molar-refractivity contribution in [1.29, 1.82) is 0 Å². The number of nitrogens with one attached hydrogen (secondary N) is 2. The molecule has 0 radical (unpaired) electrons. The Hall–Kier alpha value is -2.08. The third-order valence-electron chi connectivity index (χ3n) is 4.74. The van der Waals surface area contributed by atoms with Crippen LogP contribution in [0.4, 0.5) is 11.4 Å². The Bertz CT molecular complexity index is 872. The fourth-order valence-electron chi connectivity index (χ4n) is 3.43. The minimum atomic E-state index is -0.146. The number of benzene rings is 2. The fraction of sp³-hybridized carbons (Fsp3) is 0.333. The molecule has 0 unspecified atom stereocenters. The van der Waals surface area contributed by atoms with Gasteiger partial charge in [0.15, 0.2) is 0 Å². The summed E-state index contributed by atoms with van der Waals surface area (Å²) in [5, 5.41) is 6.95. The van der Waals surface area contributed by atoms with Crippen molar-refractivity contribution in [3.8, 4) is 0 Å². The van der Waals surface area contributed by atoms with Gasteiger partial charge in [-0.1, -0.05) is 35.3 Å². The molecule has 1 fully saturated rings. The molecule has 1 heterocycles. The van der Waals surface area contributed by atoms with E-state index < -0.39 is 0 Å². The van der Waals surface area contributed by atoms with Gasteiger partial charge in [0, 0.05) is 41.4 Å². The molecule has 28 heavy (non-hydrogen) atoms. The molecule has 2 aromatic rings. The van der Waals surface area contributed by atoms with E-state index in [1.165, 1.54) is 6.92 Å². The van der Waals surface area contributed by atoms with Gasteiger partial charge in [-0.15, -0.1) is 0 Å². The number of hydrogen-bond acceptors (Lipinski definition) is 3. The molecule has 0 aliphatic carbocycles. The van der Waals surface area contributed by atoms with Crippen LogP contribution in [0.25, 0.3) is 0 Å². The number of nitrogens with zero attached hydrogens (tertiary/aromatic N) is 1. The van der Waals surface area contributed by atoms with E-state index in [4.69, 9.17) is 23.2 Å². The van der Waals surface area contributed by atoms with Crippen molar-refractivity contribution in [2.45, 2.75) is 26.3 Å². The summed E-state index contributed by atoms with van der Waals surface area (Å²) in [4.78, 5) is 26.2. The fourth-order valence-corrected chi connectivity index (χ4v) is 3.89.